The molecule has 29 heavy (non-hydrogen) atoms. The van der Waals surface area contributed by atoms with Gasteiger partial charge in [-0.15, -0.1) is 0 Å². The van der Waals surface area contributed by atoms with Crippen LogP contribution in [-0.2, 0) is 24.8 Å². The average molecular weight is 445 g/mol. The van der Waals surface area contributed by atoms with Gasteiger partial charge in [-0.3, -0.25) is 4.72 Å². The Hall–Kier alpha value is -2.21. The highest BCUT2D eigenvalue weighted by Crippen LogP contribution is 2.24. The van der Waals surface area contributed by atoms with E-state index in [1.165, 1.54) is 40.7 Å². The molecular formula is C18H21FN2O6S2. The van der Waals surface area contributed by atoms with Gasteiger partial charge >= 0.3 is 0 Å². The molecule has 1 aliphatic rings. The molecule has 8 nitrogen and oxygen atoms in total. The summed E-state index contributed by atoms with van der Waals surface area (Å²) in [5.41, 5.74) is 0.0240. The summed E-state index contributed by atoms with van der Waals surface area (Å²) in [7, 11) is -7.75. The van der Waals surface area contributed by atoms with Gasteiger partial charge in [-0.1, -0.05) is 0 Å². The number of hydrogen-bond donors (Lipinski definition) is 1. The summed E-state index contributed by atoms with van der Waals surface area (Å²) in [5, 5.41) is 0. The summed E-state index contributed by atoms with van der Waals surface area (Å²) in [6.07, 6.45) is 0. The lowest BCUT2D eigenvalue weighted by Gasteiger charge is -2.26. The van der Waals surface area contributed by atoms with Crippen LogP contribution in [0.15, 0.2) is 52.3 Å². The Kier molecular flexibility index (Phi) is 6.42. The van der Waals surface area contributed by atoms with Crippen molar-refractivity contribution in [3.8, 4) is 5.75 Å². The van der Waals surface area contributed by atoms with Crippen LogP contribution in [0.1, 0.15) is 6.92 Å². The number of sulfonamides is 2. The van der Waals surface area contributed by atoms with Crippen LogP contribution in [0.25, 0.3) is 0 Å². The fourth-order valence-corrected chi connectivity index (χ4v) is 5.24. The Bertz CT molecular complexity index is 1070. The highest BCUT2D eigenvalue weighted by Gasteiger charge is 2.27. The molecule has 0 amide bonds. The van der Waals surface area contributed by atoms with Crippen LogP contribution in [0.5, 0.6) is 5.75 Å². The van der Waals surface area contributed by atoms with Crippen molar-refractivity contribution in [2.45, 2.75) is 16.7 Å². The minimum atomic E-state index is -4.03. The largest absolute Gasteiger partial charge is 0.491 e. The van der Waals surface area contributed by atoms with E-state index in [-0.39, 0.29) is 40.9 Å². The van der Waals surface area contributed by atoms with Crippen molar-refractivity contribution < 1.29 is 30.7 Å². The third kappa shape index (κ3) is 4.86. The van der Waals surface area contributed by atoms with Gasteiger partial charge < -0.3 is 9.47 Å². The van der Waals surface area contributed by atoms with Gasteiger partial charge in [-0.25, -0.2) is 21.2 Å². The molecule has 1 aliphatic heterocycles. The minimum absolute atomic E-state index is 0.00883. The molecule has 0 aliphatic carbocycles. The smallest absolute Gasteiger partial charge is 0.261 e. The van der Waals surface area contributed by atoms with E-state index >= 15 is 0 Å². The predicted octanol–water partition coefficient (Wildman–Crippen LogP) is 2.05. The van der Waals surface area contributed by atoms with E-state index in [1.54, 1.807) is 6.92 Å². The molecule has 0 radical (unpaired) electrons. The quantitative estimate of drug-likeness (QED) is 0.701. The maximum absolute atomic E-state index is 13.9. The number of benzene rings is 2. The van der Waals surface area contributed by atoms with E-state index in [0.29, 0.717) is 13.2 Å². The van der Waals surface area contributed by atoms with E-state index in [4.69, 9.17) is 9.47 Å². The van der Waals surface area contributed by atoms with Gasteiger partial charge in [-0.05, 0) is 43.3 Å². The fourth-order valence-electron chi connectivity index (χ4n) is 2.78. The third-order valence-corrected chi connectivity index (χ3v) is 7.54. The Balaban J connectivity index is 1.78. The van der Waals surface area contributed by atoms with Crippen LogP contribution in [0.4, 0.5) is 10.1 Å². The number of nitrogens with zero attached hydrogens (tertiary/aromatic N) is 1. The standard InChI is InChI=1S/C18H21FN2O6S2/c1-2-27-18-8-3-14(13-17(18)19)20-28(22,23)15-4-6-16(7-5-15)29(24,25)21-9-11-26-12-10-21/h3-8,13,20H,2,9-12H2,1H3. The molecule has 1 heterocycles. The van der Waals surface area contributed by atoms with Crippen molar-refractivity contribution >= 4 is 25.7 Å². The molecule has 0 bridgehead atoms. The Labute approximate surface area is 169 Å². The molecule has 3 rings (SSSR count). The number of halogens is 1. The number of ether oxygens (including phenoxy) is 2. The SMILES string of the molecule is CCOc1ccc(NS(=O)(=O)c2ccc(S(=O)(=O)N3CCOCC3)cc2)cc1F. The summed E-state index contributed by atoms with van der Waals surface area (Å²) in [6.45, 7) is 3.10. The lowest BCUT2D eigenvalue weighted by molar-refractivity contribution is 0.0730. The highest BCUT2D eigenvalue weighted by atomic mass is 32.2. The van der Waals surface area contributed by atoms with E-state index in [9.17, 15) is 21.2 Å². The Morgan fingerprint density at radius 2 is 1.66 bits per heavy atom. The van der Waals surface area contributed by atoms with Gasteiger partial charge in [0.15, 0.2) is 11.6 Å². The van der Waals surface area contributed by atoms with Crippen LogP contribution < -0.4 is 9.46 Å². The summed E-state index contributed by atoms with van der Waals surface area (Å²) < 4.78 is 78.0. The molecule has 2 aromatic rings. The molecule has 2 aromatic carbocycles. The van der Waals surface area contributed by atoms with Gasteiger partial charge in [0.05, 0.1) is 35.3 Å². The number of nitrogens with one attached hydrogen (secondary N) is 1. The Morgan fingerprint density at radius 3 is 2.24 bits per heavy atom. The first-order valence-corrected chi connectivity index (χ1v) is 11.8. The first kappa shape index (κ1) is 21.5. The number of morpholine rings is 1. The van der Waals surface area contributed by atoms with Gasteiger partial charge in [0.1, 0.15) is 0 Å². The average Bonchev–Trinajstić information content (AvgIpc) is 2.71. The van der Waals surface area contributed by atoms with Crippen molar-refractivity contribution in [3.63, 3.8) is 0 Å². The second-order valence-electron chi connectivity index (χ2n) is 6.17. The zero-order valence-electron chi connectivity index (χ0n) is 15.7. The first-order chi connectivity index (χ1) is 13.7. The van der Waals surface area contributed by atoms with Gasteiger partial charge in [0, 0.05) is 19.2 Å². The van der Waals surface area contributed by atoms with E-state index in [2.05, 4.69) is 4.72 Å². The number of rotatable bonds is 7. The summed E-state index contributed by atoms with van der Waals surface area (Å²) in [6, 6.07) is 8.58. The second kappa shape index (κ2) is 8.66. The van der Waals surface area contributed by atoms with E-state index in [1.807, 2.05) is 0 Å². The normalized spacial score (nSPS) is 15.8. The van der Waals surface area contributed by atoms with Gasteiger partial charge in [0.25, 0.3) is 10.0 Å². The monoisotopic (exact) mass is 444 g/mol. The Morgan fingerprint density at radius 1 is 1.03 bits per heavy atom. The van der Waals surface area contributed by atoms with Crippen LogP contribution in [0.2, 0.25) is 0 Å². The lowest BCUT2D eigenvalue weighted by atomic mass is 10.3. The molecule has 0 aromatic heterocycles. The molecule has 1 N–H and O–H groups in total. The highest BCUT2D eigenvalue weighted by molar-refractivity contribution is 7.92. The topological polar surface area (TPSA) is 102 Å². The van der Waals surface area contributed by atoms with Crippen LogP contribution in [-0.4, -0.2) is 54.1 Å². The predicted molar refractivity (Wildman–Crippen MR) is 104 cm³/mol. The second-order valence-corrected chi connectivity index (χ2v) is 9.79. The summed E-state index contributed by atoms with van der Waals surface area (Å²) in [5.74, 6) is -0.674. The molecule has 11 heteroatoms. The minimum Gasteiger partial charge on any atom is -0.491 e. The molecule has 1 fully saturated rings. The number of hydrogen-bond acceptors (Lipinski definition) is 6. The molecule has 1 saturated heterocycles. The van der Waals surface area contributed by atoms with Crippen molar-refractivity contribution in [3.05, 3.63) is 48.3 Å². The molecular weight excluding hydrogens is 423 g/mol. The van der Waals surface area contributed by atoms with Gasteiger partial charge in [0.2, 0.25) is 10.0 Å². The molecule has 0 atom stereocenters. The van der Waals surface area contributed by atoms with Crippen LogP contribution in [0, 0.1) is 5.82 Å². The summed E-state index contributed by atoms with van der Waals surface area (Å²) in [4.78, 5) is -0.154. The van der Waals surface area contributed by atoms with Crippen molar-refractivity contribution in [2.24, 2.45) is 0 Å². The molecule has 0 saturated carbocycles. The van der Waals surface area contributed by atoms with Crippen LogP contribution in [0.3, 0.4) is 0 Å². The zero-order valence-corrected chi connectivity index (χ0v) is 17.3. The van der Waals surface area contributed by atoms with Crippen molar-refractivity contribution in [1.29, 1.82) is 0 Å². The first-order valence-electron chi connectivity index (χ1n) is 8.87. The number of anilines is 1. The fraction of sp³-hybridized carbons (Fsp3) is 0.333. The van der Waals surface area contributed by atoms with Gasteiger partial charge in [-0.2, -0.15) is 4.31 Å². The maximum atomic E-state index is 13.9. The maximum Gasteiger partial charge on any atom is 0.261 e. The molecule has 0 unspecified atom stereocenters. The van der Waals surface area contributed by atoms with E-state index < -0.39 is 25.9 Å². The van der Waals surface area contributed by atoms with Crippen molar-refractivity contribution in [1.82, 2.24) is 4.31 Å². The van der Waals surface area contributed by atoms with E-state index in [0.717, 1.165) is 6.07 Å². The summed E-state index contributed by atoms with van der Waals surface area (Å²) >= 11 is 0. The van der Waals surface area contributed by atoms with Crippen molar-refractivity contribution in [2.75, 3.05) is 37.6 Å². The third-order valence-electron chi connectivity index (χ3n) is 4.23. The lowest BCUT2D eigenvalue weighted by Crippen LogP contribution is -2.40. The molecule has 158 valence electrons. The van der Waals surface area contributed by atoms with Crippen LogP contribution >= 0.6 is 0 Å². The molecule has 0 spiro atoms. The zero-order chi connectivity index (χ0) is 21.1.